The lowest BCUT2D eigenvalue weighted by atomic mass is 9.95. The smallest absolute Gasteiger partial charge is 0.244 e. The van der Waals surface area contributed by atoms with Gasteiger partial charge in [0, 0.05) is 12.2 Å². The summed E-state index contributed by atoms with van der Waals surface area (Å²) in [5.74, 6) is -0.345. The van der Waals surface area contributed by atoms with Crippen LogP contribution in [0.4, 0.5) is 5.69 Å². The fourth-order valence-corrected chi connectivity index (χ4v) is 5.99. The molecule has 0 fully saturated rings. The highest BCUT2D eigenvalue weighted by Crippen LogP contribution is 2.30. The summed E-state index contributed by atoms with van der Waals surface area (Å²) in [7, 11) is -3.88. The van der Waals surface area contributed by atoms with Crippen molar-refractivity contribution in [3.63, 3.8) is 0 Å². The van der Waals surface area contributed by atoms with Gasteiger partial charge in [0.05, 0.1) is 4.90 Å². The number of benzene rings is 4. The molecule has 1 amide bonds. The first-order valence-corrected chi connectivity index (χ1v) is 13.0. The molecule has 0 aliphatic carbocycles. The van der Waals surface area contributed by atoms with E-state index in [-0.39, 0.29) is 17.3 Å². The molecule has 4 aromatic rings. The number of fused-ring (bicyclic) bond motifs is 1. The van der Waals surface area contributed by atoms with E-state index in [4.69, 9.17) is 0 Å². The van der Waals surface area contributed by atoms with Crippen LogP contribution in [0.25, 0.3) is 11.1 Å². The maximum atomic E-state index is 13.6. The van der Waals surface area contributed by atoms with Gasteiger partial charge in [-0.3, -0.25) is 4.79 Å². The Labute approximate surface area is 206 Å². The summed E-state index contributed by atoms with van der Waals surface area (Å²) in [5, 5.41) is 2.94. The van der Waals surface area contributed by atoms with Gasteiger partial charge >= 0.3 is 0 Å². The van der Waals surface area contributed by atoms with Crippen molar-refractivity contribution in [2.24, 2.45) is 0 Å². The SMILES string of the molecule is Cc1ccc(S(=O)(=O)N2Cc3ccccc3C[C@H]2C(=O)Nc2ccc(-c3ccccc3)cc2)cc1. The second kappa shape index (κ2) is 9.49. The quantitative estimate of drug-likeness (QED) is 0.413. The molecule has 0 saturated carbocycles. The van der Waals surface area contributed by atoms with Gasteiger partial charge in [0.2, 0.25) is 15.9 Å². The average molecular weight is 483 g/mol. The fourth-order valence-electron chi connectivity index (χ4n) is 4.42. The van der Waals surface area contributed by atoms with E-state index in [2.05, 4.69) is 5.32 Å². The molecular weight excluding hydrogens is 456 g/mol. The molecule has 176 valence electrons. The van der Waals surface area contributed by atoms with Crippen molar-refractivity contribution < 1.29 is 13.2 Å². The van der Waals surface area contributed by atoms with Crippen LogP contribution < -0.4 is 5.32 Å². The monoisotopic (exact) mass is 482 g/mol. The van der Waals surface area contributed by atoms with E-state index in [1.807, 2.05) is 85.8 Å². The molecule has 0 aromatic heterocycles. The second-order valence-corrected chi connectivity index (χ2v) is 10.7. The van der Waals surface area contributed by atoms with Crippen LogP contribution in [0.5, 0.6) is 0 Å². The van der Waals surface area contributed by atoms with Crippen molar-refractivity contribution in [3.8, 4) is 11.1 Å². The van der Waals surface area contributed by atoms with Crippen LogP contribution in [0, 0.1) is 6.92 Å². The first kappa shape index (κ1) is 23.0. The van der Waals surface area contributed by atoms with Crippen molar-refractivity contribution in [3.05, 3.63) is 120 Å². The lowest BCUT2D eigenvalue weighted by Gasteiger charge is -2.35. The van der Waals surface area contributed by atoms with E-state index in [0.717, 1.165) is 27.8 Å². The number of sulfonamides is 1. The zero-order valence-corrected chi connectivity index (χ0v) is 20.2. The second-order valence-electron chi connectivity index (χ2n) is 8.78. The van der Waals surface area contributed by atoms with E-state index >= 15 is 0 Å². The number of rotatable bonds is 5. The molecule has 0 spiro atoms. The Balaban J connectivity index is 1.43. The van der Waals surface area contributed by atoms with Crippen molar-refractivity contribution in [2.45, 2.75) is 30.8 Å². The summed E-state index contributed by atoms with van der Waals surface area (Å²) in [6.45, 7) is 2.06. The number of hydrogen-bond acceptors (Lipinski definition) is 3. The number of nitrogens with zero attached hydrogens (tertiary/aromatic N) is 1. The Bertz CT molecular complexity index is 1450. The molecule has 1 heterocycles. The van der Waals surface area contributed by atoms with E-state index in [1.165, 1.54) is 4.31 Å². The minimum Gasteiger partial charge on any atom is -0.325 e. The molecule has 5 rings (SSSR count). The third-order valence-electron chi connectivity index (χ3n) is 6.40. The van der Waals surface area contributed by atoms with Crippen molar-refractivity contribution in [1.29, 1.82) is 0 Å². The van der Waals surface area contributed by atoms with Crippen LogP contribution in [0.1, 0.15) is 16.7 Å². The maximum Gasteiger partial charge on any atom is 0.244 e. The van der Waals surface area contributed by atoms with Crippen LogP contribution in [-0.4, -0.2) is 24.7 Å². The number of aryl methyl sites for hydroxylation is 1. The predicted molar refractivity (Wildman–Crippen MR) is 138 cm³/mol. The summed E-state index contributed by atoms with van der Waals surface area (Å²) in [6.07, 6.45) is 0.315. The van der Waals surface area contributed by atoms with Crippen LogP contribution in [0.2, 0.25) is 0 Å². The predicted octanol–water partition coefficient (Wildman–Crippen LogP) is 5.42. The van der Waals surface area contributed by atoms with Crippen molar-refractivity contribution in [2.75, 3.05) is 5.32 Å². The minimum atomic E-state index is -3.88. The first-order valence-electron chi connectivity index (χ1n) is 11.5. The Morgan fingerprint density at radius 3 is 2.06 bits per heavy atom. The Morgan fingerprint density at radius 2 is 1.37 bits per heavy atom. The summed E-state index contributed by atoms with van der Waals surface area (Å²) < 4.78 is 28.6. The van der Waals surface area contributed by atoms with Gasteiger partial charge in [-0.2, -0.15) is 4.31 Å². The minimum absolute atomic E-state index is 0.150. The first-order chi connectivity index (χ1) is 16.9. The zero-order valence-electron chi connectivity index (χ0n) is 19.4. The molecule has 0 unspecified atom stereocenters. The molecule has 35 heavy (non-hydrogen) atoms. The van der Waals surface area contributed by atoms with E-state index < -0.39 is 16.1 Å². The maximum absolute atomic E-state index is 13.6. The largest absolute Gasteiger partial charge is 0.325 e. The summed E-state index contributed by atoms with van der Waals surface area (Å²) in [5.41, 5.74) is 5.63. The summed E-state index contributed by atoms with van der Waals surface area (Å²) >= 11 is 0. The standard InChI is InChI=1S/C29H26N2O3S/c1-21-11-17-27(18-12-21)35(33,34)31-20-25-10-6-5-9-24(25)19-28(31)29(32)30-26-15-13-23(14-16-26)22-7-3-2-4-8-22/h2-18,28H,19-20H2,1H3,(H,30,32)/t28-/m0/s1. The topological polar surface area (TPSA) is 66.5 Å². The van der Waals surface area contributed by atoms with Gasteiger partial charge in [0.15, 0.2) is 0 Å². The average Bonchev–Trinajstić information content (AvgIpc) is 2.89. The molecule has 0 bridgehead atoms. The zero-order chi connectivity index (χ0) is 24.4. The van der Waals surface area contributed by atoms with Gasteiger partial charge in [0.1, 0.15) is 6.04 Å². The summed E-state index contributed by atoms with van der Waals surface area (Å²) in [6, 6.07) is 31.1. The Morgan fingerprint density at radius 1 is 0.771 bits per heavy atom. The highest BCUT2D eigenvalue weighted by Gasteiger charge is 2.39. The highest BCUT2D eigenvalue weighted by molar-refractivity contribution is 7.89. The van der Waals surface area contributed by atoms with Gasteiger partial charge in [-0.1, -0.05) is 84.4 Å². The third kappa shape index (κ3) is 4.76. The third-order valence-corrected chi connectivity index (χ3v) is 8.26. The van der Waals surface area contributed by atoms with E-state index in [9.17, 15) is 13.2 Å². The van der Waals surface area contributed by atoms with Crippen LogP contribution in [-0.2, 0) is 27.8 Å². The van der Waals surface area contributed by atoms with Crippen molar-refractivity contribution >= 4 is 21.6 Å². The molecular formula is C29H26N2O3S. The molecule has 5 nitrogen and oxygen atoms in total. The van der Waals surface area contributed by atoms with Gasteiger partial charge in [0.25, 0.3) is 0 Å². The molecule has 0 saturated heterocycles. The molecule has 1 atom stereocenters. The van der Waals surface area contributed by atoms with E-state index in [0.29, 0.717) is 12.1 Å². The van der Waals surface area contributed by atoms with Gasteiger partial charge in [-0.05, 0) is 59.9 Å². The molecule has 1 aliphatic rings. The van der Waals surface area contributed by atoms with Crippen LogP contribution >= 0.6 is 0 Å². The van der Waals surface area contributed by atoms with Crippen LogP contribution in [0.15, 0.2) is 108 Å². The molecule has 4 aromatic carbocycles. The molecule has 6 heteroatoms. The molecule has 1 aliphatic heterocycles. The lowest BCUT2D eigenvalue weighted by Crippen LogP contribution is -2.50. The normalized spacial score (nSPS) is 15.9. The Hall–Kier alpha value is -3.74. The molecule has 1 N–H and O–H groups in total. The number of anilines is 1. The van der Waals surface area contributed by atoms with Gasteiger partial charge in [-0.25, -0.2) is 8.42 Å². The Kier molecular flexibility index (Phi) is 6.24. The molecule has 0 radical (unpaired) electrons. The number of hydrogen-bond donors (Lipinski definition) is 1. The van der Waals surface area contributed by atoms with E-state index in [1.54, 1.807) is 24.3 Å². The van der Waals surface area contributed by atoms with Gasteiger partial charge in [-0.15, -0.1) is 0 Å². The number of nitrogens with one attached hydrogen (secondary N) is 1. The summed E-state index contributed by atoms with van der Waals surface area (Å²) in [4.78, 5) is 13.6. The number of amides is 1. The number of carbonyl (C=O) groups excluding carboxylic acids is 1. The fraction of sp³-hybridized carbons (Fsp3) is 0.138. The van der Waals surface area contributed by atoms with Crippen molar-refractivity contribution in [1.82, 2.24) is 4.31 Å². The number of carbonyl (C=O) groups is 1. The lowest BCUT2D eigenvalue weighted by molar-refractivity contribution is -0.120. The van der Waals surface area contributed by atoms with Gasteiger partial charge < -0.3 is 5.32 Å². The van der Waals surface area contributed by atoms with Crippen LogP contribution in [0.3, 0.4) is 0 Å². The highest BCUT2D eigenvalue weighted by atomic mass is 32.2.